The lowest BCUT2D eigenvalue weighted by molar-refractivity contribution is 0.519. The second kappa shape index (κ2) is 5.18. The van der Waals surface area contributed by atoms with Crippen molar-refractivity contribution in [3.05, 3.63) is 57.2 Å². The molecule has 3 N–H and O–H groups in total. The average Bonchev–Trinajstić information content (AvgIpc) is 2.69. The minimum atomic E-state index is -0.500. The summed E-state index contributed by atoms with van der Waals surface area (Å²) in [5.41, 5.74) is 3.67. The lowest BCUT2D eigenvalue weighted by Gasteiger charge is -2.16. The Hall–Kier alpha value is -0.880. The summed E-state index contributed by atoms with van der Waals surface area (Å²) >= 11 is 8.93. The van der Waals surface area contributed by atoms with Crippen LogP contribution in [0, 0.1) is 5.82 Å². The summed E-state index contributed by atoms with van der Waals surface area (Å²) in [4.78, 5) is 0. The highest BCUT2D eigenvalue weighted by Crippen LogP contribution is 2.31. The third-order valence-corrected chi connectivity index (χ3v) is 3.28. The number of benzene rings is 1. The highest BCUT2D eigenvalue weighted by atomic mass is 79.9. The van der Waals surface area contributed by atoms with Crippen LogP contribution in [0.15, 0.2) is 39.6 Å². The van der Waals surface area contributed by atoms with E-state index in [2.05, 4.69) is 21.4 Å². The van der Waals surface area contributed by atoms with Crippen molar-refractivity contribution in [1.29, 1.82) is 0 Å². The van der Waals surface area contributed by atoms with E-state index < -0.39 is 11.9 Å². The molecule has 0 bridgehead atoms. The molecule has 0 radical (unpaired) electrons. The van der Waals surface area contributed by atoms with Crippen LogP contribution in [0.25, 0.3) is 0 Å². The molecule has 1 unspecified atom stereocenters. The van der Waals surface area contributed by atoms with Gasteiger partial charge in [0.05, 0.1) is 12.3 Å². The number of hydrazine groups is 1. The summed E-state index contributed by atoms with van der Waals surface area (Å²) in [5.74, 6) is 5.04. The lowest BCUT2D eigenvalue weighted by atomic mass is 10.0. The minimum absolute atomic E-state index is 0.341. The normalized spacial score (nSPS) is 12.7. The van der Waals surface area contributed by atoms with E-state index in [1.807, 2.05) is 0 Å². The first-order valence-corrected chi connectivity index (χ1v) is 5.94. The first kappa shape index (κ1) is 12.6. The Morgan fingerprint density at radius 2 is 2.12 bits per heavy atom. The molecule has 2 rings (SSSR count). The third-order valence-electron chi connectivity index (χ3n) is 2.40. The quantitative estimate of drug-likeness (QED) is 0.673. The van der Waals surface area contributed by atoms with Gasteiger partial charge in [0.25, 0.3) is 0 Å². The second-order valence-electron chi connectivity index (χ2n) is 3.42. The topological polar surface area (TPSA) is 51.2 Å². The molecule has 0 amide bonds. The van der Waals surface area contributed by atoms with Crippen LogP contribution in [-0.2, 0) is 0 Å². The Labute approximate surface area is 111 Å². The Morgan fingerprint density at radius 1 is 1.35 bits per heavy atom. The number of furan rings is 1. The highest BCUT2D eigenvalue weighted by Gasteiger charge is 2.20. The van der Waals surface area contributed by atoms with Crippen molar-refractivity contribution in [3.8, 4) is 0 Å². The number of nitrogens with two attached hydrogens (primary N) is 1. The largest absolute Gasteiger partial charge is 0.457 e. The Bertz CT molecular complexity index is 532. The van der Waals surface area contributed by atoms with E-state index in [4.69, 9.17) is 21.9 Å². The van der Waals surface area contributed by atoms with Crippen LogP contribution in [0.4, 0.5) is 4.39 Å². The molecule has 0 saturated heterocycles. The van der Waals surface area contributed by atoms with E-state index in [-0.39, 0.29) is 0 Å². The molecular formula is C11H9BrClFN2O. The van der Waals surface area contributed by atoms with Crippen molar-refractivity contribution in [2.45, 2.75) is 6.04 Å². The molecule has 0 saturated carbocycles. The molecule has 1 aromatic heterocycles. The number of rotatable bonds is 3. The molecular weight excluding hydrogens is 310 g/mol. The predicted octanol–water partition coefficient (Wildman–Crippen LogP) is 3.39. The van der Waals surface area contributed by atoms with E-state index in [9.17, 15) is 4.39 Å². The lowest BCUT2D eigenvalue weighted by Crippen LogP contribution is -2.29. The number of hydrogen-bond donors (Lipinski definition) is 2. The second-order valence-corrected chi connectivity index (χ2v) is 4.57. The van der Waals surface area contributed by atoms with Gasteiger partial charge in [-0.05, 0) is 34.1 Å². The third kappa shape index (κ3) is 2.52. The SMILES string of the molecule is NNC(c1ccc(Cl)cc1F)c1ccoc1Br. The monoisotopic (exact) mass is 318 g/mol. The van der Waals surface area contributed by atoms with Crippen LogP contribution in [-0.4, -0.2) is 0 Å². The fraction of sp³-hybridized carbons (Fsp3) is 0.0909. The summed E-state index contributed by atoms with van der Waals surface area (Å²) in [6.07, 6.45) is 1.50. The Kier molecular flexibility index (Phi) is 3.83. The molecule has 0 spiro atoms. The van der Waals surface area contributed by atoms with E-state index in [1.54, 1.807) is 18.2 Å². The van der Waals surface area contributed by atoms with E-state index >= 15 is 0 Å². The van der Waals surface area contributed by atoms with Crippen LogP contribution < -0.4 is 11.3 Å². The van der Waals surface area contributed by atoms with Gasteiger partial charge < -0.3 is 4.42 Å². The first-order chi connectivity index (χ1) is 8.13. The molecule has 2 aromatic rings. The molecule has 0 fully saturated rings. The smallest absolute Gasteiger partial charge is 0.174 e. The van der Waals surface area contributed by atoms with Gasteiger partial charge in [-0.15, -0.1) is 0 Å². The molecule has 90 valence electrons. The molecule has 3 nitrogen and oxygen atoms in total. The highest BCUT2D eigenvalue weighted by molar-refractivity contribution is 9.10. The fourth-order valence-corrected chi connectivity index (χ4v) is 2.22. The zero-order valence-corrected chi connectivity index (χ0v) is 10.9. The van der Waals surface area contributed by atoms with Crippen LogP contribution >= 0.6 is 27.5 Å². The maximum Gasteiger partial charge on any atom is 0.174 e. The van der Waals surface area contributed by atoms with Crippen LogP contribution in [0.1, 0.15) is 17.2 Å². The zero-order chi connectivity index (χ0) is 12.4. The van der Waals surface area contributed by atoms with Crippen LogP contribution in [0.5, 0.6) is 0 Å². The van der Waals surface area contributed by atoms with Gasteiger partial charge in [-0.2, -0.15) is 0 Å². The maximum absolute atomic E-state index is 13.8. The van der Waals surface area contributed by atoms with Gasteiger partial charge in [-0.1, -0.05) is 17.7 Å². The maximum atomic E-state index is 13.8. The van der Waals surface area contributed by atoms with E-state index in [0.29, 0.717) is 20.8 Å². The predicted molar refractivity (Wildman–Crippen MR) is 67.0 cm³/mol. The van der Waals surface area contributed by atoms with Crippen LogP contribution in [0.2, 0.25) is 5.02 Å². The van der Waals surface area contributed by atoms with Crippen LogP contribution in [0.3, 0.4) is 0 Å². The zero-order valence-electron chi connectivity index (χ0n) is 8.58. The molecule has 1 heterocycles. The Morgan fingerprint density at radius 3 is 2.65 bits per heavy atom. The number of hydrogen-bond acceptors (Lipinski definition) is 3. The molecule has 17 heavy (non-hydrogen) atoms. The van der Waals surface area contributed by atoms with E-state index in [1.165, 1.54) is 12.3 Å². The molecule has 0 aliphatic carbocycles. The van der Waals surface area contributed by atoms with E-state index in [0.717, 1.165) is 0 Å². The summed E-state index contributed by atoms with van der Waals surface area (Å²) in [6.45, 7) is 0. The molecule has 0 aliphatic rings. The van der Waals surface area contributed by atoms with Crippen molar-refractivity contribution >= 4 is 27.5 Å². The van der Waals surface area contributed by atoms with Crippen molar-refractivity contribution in [2.75, 3.05) is 0 Å². The van der Waals surface area contributed by atoms with Gasteiger partial charge in [0.2, 0.25) is 0 Å². The summed E-state index contributed by atoms with van der Waals surface area (Å²) in [7, 11) is 0. The van der Waals surface area contributed by atoms with Crippen molar-refractivity contribution in [3.63, 3.8) is 0 Å². The van der Waals surface area contributed by atoms with Gasteiger partial charge in [-0.3, -0.25) is 5.84 Å². The van der Waals surface area contributed by atoms with Crippen molar-refractivity contribution in [1.82, 2.24) is 5.43 Å². The summed E-state index contributed by atoms with van der Waals surface area (Å²) in [6, 6.07) is 5.65. The van der Waals surface area contributed by atoms with Gasteiger partial charge in [-0.25, -0.2) is 9.82 Å². The average molecular weight is 320 g/mol. The molecule has 6 heteroatoms. The number of nitrogens with one attached hydrogen (secondary N) is 1. The van der Waals surface area contributed by atoms with Gasteiger partial charge in [0, 0.05) is 16.1 Å². The standard InChI is InChI=1S/C11H9BrClFN2O/c12-11-8(3-4-17-11)10(16-15)7-2-1-6(13)5-9(7)14/h1-5,10,16H,15H2. The molecule has 1 atom stereocenters. The fourth-order valence-electron chi connectivity index (χ4n) is 1.59. The first-order valence-electron chi connectivity index (χ1n) is 4.77. The molecule has 1 aromatic carbocycles. The van der Waals surface area contributed by atoms with Crippen molar-refractivity contribution < 1.29 is 8.81 Å². The summed E-state index contributed by atoms with van der Waals surface area (Å²) < 4.78 is 19.4. The summed E-state index contributed by atoms with van der Waals surface area (Å²) in [5, 5.41) is 0.341. The van der Waals surface area contributed by atoms with Gasteiger partial charge in [0.15, 0.2) is 4.67 Å². The number of halogens is 3. The van der Waals surface area contributed by atoms with Gasteiger partial charge >= 0.3 is 0 Å². The van der Waals surface area contributed by atoms with Gasteiger partial charge in [0.1, 0.15) is 5.82 Å². The minimum Gasteiger partial charge on any atom is -0.457 e. The molecule has 0 aliphatic heterocycles. The van der Waals surface area contributed by atoms with Crippen molar-refractivity contribution in [2.24, 2.45) is 5.84 Å². The Balaban J connectivity index is 2.46.